The third-order valence-electron chi connectivity index (χ3n) is 3.55. The average molecular weight is 305 g/mol. The van der Waals surface area contributed by atoms with Crippen LogP contribution in [0, 0.1) is 13.8 Å². The molecule has 2 nitrogen and oxygen atoms in total. The second kappa shape index (κ2) is 5.19. The minimum atomic E-state index is 0.404. The molecule has 2 aromatic heterocycles. The molecule has 20 heavy (non-hydrogen) atoms. The lowest BCUT2D eigenvalue weighted by atomic mass is 10.0. The van der Waals surface area contributed by atoms with Crippen molar-refractivity contribution in [1.29, 1.82) is 0 Å². The lowest BCUT2D eigenvalue weighted by molar-refractivity contribution is 1.18. The van der Waals surface area contributed by atoms with Crippen LogP contribution in [0.1, 0.15) is 22.5 Å². The Bertz CT molecular complexity index is 744. The van der Waals surface area contributed by atoms with Crippen LogP contribution in [0.25, 0.3) is 21.8 Å². The van der Waals surface area contributed by atoms with Crippen molar-refractivity contribution in [1.82, 2.24) is 9.97 Å². The Morgan fingerprint density at radius 2 is 1.20 bits per heavy atom. The minimum absolute atomic E-state index is 0.404. The first-order valence-electron chi connectivity index (χ1n) is 6.45. The number of nitrogens with zero attached hydrogens (tertiary/aromatic N) is 2. The third kappa shape index (κ3) is 2.13. The SMILES string of the molecule is Cc1cc(CCl)nc2c1ccc1c(C)cc(CCl)nc12. The van der Waals surface area contributed by atoms with Crippen LogP contribution in [0.5, 0.6) is 0 Å². The Morgan fingerprint density at radius 3 is 1.55 bits per heavy atom. The van der Waals surface area contributed by atoms with Crippen molar-refractivity contribution in [2.24, 2.45) is 0 Å². The first-order chi connectivity index (χ1) is 9.63. The summed E-state index contributed by atoms with van der Waals surface area (Å²) in [5.74, 6) is 0.808. The monoisotopic (exact) mass is 304 g/mol. The number of pyridine rings is 2. The van der Waals surface area contributed by atoms with Crippen molar-refractivity contribution in [3.8, 4) is 0 Å². The third-order valence-corrected chi connectivity index (χ3v) is 4.10. The van der Waals surface area contributed by atoms with E-state index in [0.29, 0.717) is 11.8 Å². The van der Waals surface area contributed by atoms with Gasteiger partial charge in [-0.25, -0.2) is 9.97 Å². The summed E-state index contributed by atoms with van der Waals surface area (Å²) in [5, 5.41) is 2.23. The van der Waals surface area contributed by atoms with Gasteiger partial charge < -0.3 is 0 Å². The highest BCUT2D eigenvalue weighted by molar-refractivity contribution is 6.17. The van der Waals surface area contributed by atoms with Gasteiger partial charge in [0.2, 0.25) is 0 Å². The molecule has 0 spiro atoms. The average Bonchev–Trinajstić information content (AvgIpc) is 2.46. The van der Waals surface area contributed by atoms with E-state index in [1.54, 1.807) is 0 Å². The van der Waals surface area contributed by atoms with Gasteiger partial charge in [-0.05, 0) is 37.1 Å². The molecule has 0 fully saturated rings. The molecule has 0 bridgehead atoms. The highest BCUT2D eigenvalue weighted by atomic mass is 35.5. The molecular weight excluding hydrogens is 291 g/mol. The van der Waals surface area contributed by atoms with E-state index in [1.807, 2.05) is 12.1 Å². The highest BCUT2D eigenvalue weighted by Crippen LogP contribution is 2.28. The Hall–Kier alpha value is -1.38. The number of benzene rings is 1. The molecule has 0 unspecified atom stereocenters. The van der Waals surface area contributed by atoms with Gasteiger partial charge in [0.25, 0.3) is 0 Å². The van der Waals surface area contributed by atoms with Crippen LogP contribution in [-0.2, 0) is 11.8 Å². The molecule has 3 rings (SSSR count). The number of rotatable bonds is 2. The van der Waals surface area contributed by atoms with Gasteiger partial charge in [-0.3, -0.25) is 0 Å². The lowest BCUT2D eigenvalue weighted by Crippen LogP contribution is -1.96. The van der Waals surface area contributed by atoms with Gasteiger partial charge in [-0.1, -0.05) is 12.1 Å². The molecule has 102 valence electrons. The van der Waals surface area contributed by atoms with Gasteiger partial charge in [-0.2, -0.15) is 0 Å². The van der Waals surface area contributed by atoms with E-state index >= 15 is 0 Å². The number of alkyl halides is 2. The molecule has 4 heteroatoms. The van der Waals surface area contributed by atoms with E-state index in [-0.39, 0.29) is 0 Å². The van der Waals surface area contributed by atoms with Crippen LogP contribution < -0.4 is 0 Å². The van der Waals surface area contributed by atoms with Gasteiger partial charge in [0.05, 0.1) is 34.2 Å². The predicted octanol–water partition coefficient (Wildman–Crippen LogP) is 4.88. The quantitative estimate of drug-likeness (QED) is 0.498. The van der Waals surface area contributed by atoms with Crippen molar-refractivity contribution in [3.63, 3.8) is 0 Å². The molecule has 1 aromatic carbocycles. The van der Waals surface area contributed by atoms with Crippen LogP contribution in [0.2, 0.25) is 0 Å². The zero-order valence-corrected chi connectivity index (χ0v) is 12.9. The van der Waals surface area contributed by atoms with Crippen molar-refractivity contribution in [3.05, 3.63) is 46.8 Å². The second-order valence-electron chi connectivity index (χ2n) is 4.99. The highest BCUT2D eigenvalue weighted by Gasteiger charge is 2.10. The topological polar surface area (TPSA) is 25.8 Å². The molecule has 0 radical (unpaired) electrons. The van der Waals surface area contributed by atoms with Crippen molar-refractivity contribution in [2.75, 3.05) is 0 Å². The summed E-state index contributed by atoms with van der Waals surface area (Å²) in [5.41, 5.74) is 5.91. The zero-order chi connectivity index (χ0) is 14.3. The molecule has 0 atom stereocenters. The predicted molar refractivity (Wildman–Crippen MR) is 85.6 cm³/mol. The molecule has 0 N–H and O–H groups in total. The van der Waals surface area contributed by atoms with Gasteiger partial charge in [0.15, 0.2) is 0 Å². The largest absolute Gasteiger partial charge is 0.249 e. The maximum Gasteiger partial charge on any atom is 0.0971 e. The molecule has 0 saturated carbocycles. The normalized spacial score (nSPS) is 11.4. The first-order valence-corrected chi connectivity index (χ1v) is 7.52. The van der Waals surface area contributed by atoms with Crippen molar-refractivity contribution in [2.45, 2.75) is 25.6 Å². The van der Waals surface area contributed by atoms with E-state index in [2.05, 4.69) is 35.9 Å². The smallest absolute Gasteiger partial charge is 0.0971 e. The zero-order valence-electron chi connectivity index (χ0n) is 11.4. The Labute approximate surface area is 127 Å². The molecule has 0 amide bonds. The number of halogens is 2. The summed E-state index contributed by atoms with van der Waals surface area (Å²) in [6, 6.07) is 8.26. The van der Waals surface area contributed by atoms with Gasteiger partial charge in [0, 0.05) is 10.8 Å². The number of fused-ring (bicyclic) bond motifs is 3. The summed E-state index contributed by atoms with van der Waals surface area (Å²) in [4.78, 5) is 9.32. The molecule has 0 aliphatic heterocycles. The van der Waals surface area contributed by atoms with E-state index in [1.165, 1.54) is 11.1 Å². The Kier molecular flexibility index (Phi) is 3.53. The summed E-state index contributed by atoms with van der Waals surface area (Å²) in [6.07, 6.45) is 0. The molecular formula is C16H14Cl2N2. The fourth-order valence-corrected chi connectivity index (χ4v) is 2.86. The van der Waals surface area contributed by atoms with E-state index in [4.69, 9.17) is 23.2 Å². The summed E-state index contributed by atoms with van der Waals surface area (Å²) < 4.78 is 0. The molecule has 0 saturated heterocycles. The Balaban J connectivity index is 2.50. The van der Waals surface area contributed by atoms with Gasteiger partial charge in [0.1, 0.15) is 0 Å². The second-order valence-corrected chi connectivity index (χ2v) is 5.52. The van der Waals surface area contributed by atoms with Crippen LogP contribution in [0.4, 0.5) is 0 Å². The maximum atomic E-state index is 5.94. The molecule has 0 aliphatic rings. The van der Waals surface area contributed by atoms with E-state index in [0.717, 1.165) is 33.2 Å². The number of aryl methyl sites for hydroxylation is 2. The van der Waals surface area contributed by atoms with Gasteiger partial charge in [-0.15, -0.1) is 23.2 Å². The van der Waals surface area contributed by atoms with Crippen LogP contribution in [0.3, 0.4) is 0 Å². The summed E-state index contributed by atoms with van der Waals surface area (Å²) in [6.45, 7) is 4.15. The number of hydrogen-bond donors (Lipinski definition) is 0. The van der Waals surface area contributed by atoms with Gasteiger partial charge >= 0.3 is 0 Å². The number of hydrogen-bond acceptors (Lipinski definition) is 2. The van der Waals surface area contributed by atoms with Crippen LogP contribution in [-0.4, -0.2) is 9.97 Å². The van der Waals surface area contributed by atoms with Crippen LogP contribution in [0.15, 0.2) is 24.3 Å². The van der Waals surface area contributed by atoms with E-state index in [9.17, 15) is 0 Å². The number of aromatic nitrogens is 2. The standard InChI is InChI=1S/C16H14Cl2N2/c1-9-5-11(7-17)19-15-13(9)3-4-14-10(2)6-12(8-18)20-16(14)15/h3-6H,7-8H2,1-2H3. The van der Waals surface area contributed by atoms with Crippen molar-refractivity contribution >= 4 is 45.0 Å². The fraction of sp³-hybridized carbons (Fsp3) is 0.250. The summed E-state index contributed by atoms with van der Waals surface area (Å²) >= 11 is 11.9. The van der Waals surface area contributed by atoms with Crippen LogP contribution >= 0.6 is 23.2 Å². The fourth-order valence-electron chi connectivity index (χ4n) is 2.59. The Morgan fingerprint density at radius 1 is 0.800 bits per heavy atom. The summed E-state index contributed by atoms with van der Waals surface area (Å²) in [7, 11) is 0. The maximum absolute atomic E-state index is 5.94. The van der Waals surface area contributed by atoms with E-state index < -0.39 is 0 Å². The first kappa shape index (κ1) is 13.6. The molecule has 3 aromatic rings. The molecule has 2 heterocycles. The molecule has 0 aliphatic carbocycles. The minimum Gasteiger partial charge on any atom is -0.249 e. The lowest BCUT2D eigenvalue weighted by Gasteiger charge is -2.10. The van der Waals surface area contributed by atoms with Crippen molar-refractivity contribution < 1.29 is 0 Å².